The Kier molecular flexibility index (Phi) is 1.81. The summed E-state index contributed by atoms with van der Waals surface area (Å²) in [6.07, 6.45) is 0. The van der Waals surface area contributed by atoms with Crippen molar-refractivity contribution in [3.8, 4) is 0 Å². The minimum absolute atomic E-state index is 0.158. The van der Waals surface area contributed by atoms with Gasteiger partial charge in [0.15, 0.2) is 5.65 Å². The predicted octanol–water partition coefficient (Wildman–Crippen LogP) is 0.638. The average Bonchev–Trinajstić information content (AvgIpc) is 2.54. The summed E-state index contributed by atoms with van der Waals surface area (Å²) < 4.78 is 3.40. The van der Waals surface area contributed by atoms with E-state index in [0.29, 0.717) is 10.3 Å². The Morgan fingerprint density at radius 3 is 2.64 bits per heavy atom. The Bertz CT molecular complexity index is 619. The van der Waals surface area contributed by atoms with Crippen molar-refractivity contribution >= 4 is 23.4 Å². The lowest BCUT2D eigenvalue weighted by Gasteiger charge is -2.02. The number of aromatic amines is 1. The smallest absolute Gasteiger partial charge is 0.330 e. The van der Waals surface area contributed by atoms with Crippen LogP contribution in [0.3, 0.4) is 0 Å². The van der Waals surface area contributed by atoms with Gasteiger partial charge in [-0.05, 0) is 6.92 Å². The zero-order valence-corrected chi connectivity index (χ0v) is 8.97. The van der Waals surface area contributed by atoms with Crippen LogP contribution in [0.2, 0.25) is 0 Å². The lowest BCUT2D eigenvalue weighted by Crippen LogP contribution is -2.27. The van der Waals surface area contributed by atoms with Crippen molar-refractivity contribution in [2.45, 2.75) is 6.92 Å². The van der Waals surface area contributed by atoms with Crippen molar-refractivity contribution in [3.63, 3.8) is 0 Å². The maximum atomic E-state index is 11.6. The number of hydrogen-bond acceptors (Lipinski definition) is 3. The van der Waals surface area contributed by atoms with Crippen LogP contribution in [0.5, 0.6) is 0 Å². The number of nitrogens with one attached hydrogen (secondary N) is 1. The van der Waals surface area contributed by atoms with Crippen LogP contribution in [0, 0.1) is 11.6 Å². The van der Waals surface area contributed by atoms with Gasteiger partial charge in [-0.2, -0.15) is 0 Å². The van der Waals surface area contributed by atoms with Gasteiger partial charge in [-0.1, -0.05) is 12.2 Å². The molecule has 2 rings (SSSR count). The molecular formula is C8H10N4OS. The fourth-order valence-electron chi connectivity index (χ4n) is 1.44. The van der Waals surface area contributed by atoms with E-state index in [1.807, 2.05) is 6.92 Å². The van der Waals surface area contributed by atoms with E-state index in [0.717, 1.165) is 11.3 Å². The molecule has 2 aromatic heterocycles. The Morgan fingerprint density at radius 2 is 2.00 bits per heavy atom. The molecule has 0 radical (unpaired) electrons. The third-order valence-corrected chi connectivity index (χ3v) is 2.69. The molecule has 2 aromatic rings. The molecule has 0 bridgehead atoms. The van der Waals surface area contributed by atoms with Crippen LogP contribution in [0.4, 0.5) is 0 Å². The monoisotopic (exact) mass is 210 g/mol. The molecule has 0 aliphatic rings. The topological polar surface area (TPSA) is 55.6 Å². The highest BCUT2D eigenvalue weighted by Crippen LogP contribution is 2.08. The second-order valence-electron chi connectivity index (χ2n) is 3.23. The zero-order valence-electron chi connectivity index (χ0n) is 8.16. The maximum Gasteiger partial charge on any atom is 0.330 e. The number of imidazole rings is 1. The predicted molar refractivity (Wildman–Crippen MR) is 55.9 cm³/mol. The lowest BCUT2D eigenvalue weighted by atomic mass is 10.5. The van der Waals surface area contributed by atoms with Crippen molar-refractivity contribution in [1.82, 2.24) is 19.1 Å². The number of H-pyrrole nitrogens is 1. The molecule has 0 unspecified atom stereocenters. The normalized spacial score (nSPS) is 11.1. The zero-order chi connectivity index (χ0) is 10.5. The van der Waals surface area contributed by atoms with Crippen molar-refractivity contribution in [2.24, 2.45) is 14.1 Å². The molecule has 0 aromatic carbocycles. The quantitative estimate of drug-likeness (QED) is 0.649. The van der Waals surface area contributed by atoms with Crippen LogP contribution in [0.1, 0.15) is 5.82 Å². The van der Waals surface area contributed by atoms with E-state index in [2.05, 4.69) is 9.97 Å². The highest BCUT2D eigenvalue weighted by Gasteiger charge is 2.08. The molecule has 2 heterocycles. The molecule has 0 aliphatic heterocycles. The molecule has 0 saturated carbocycles. The Morgan fingerprint density at radius 1 is 1.36 bits per heavy atom. The number of hydrogen-bond donors (Lipinski definition) is 1. The van der Waals surface area contributed by atoms with Crippen LogP contribution >= 0.6 is 12.2 Å². The molecule has 0 saturated heterocycles. The van der Waals surface area contributed by atoms with Crippen molar-refractivity contribution in [1.29, 1.82) is 0 Å². The van der Waals surface area contributed by atoms with Crippen LogP contribution < -0.4 is 5.69 Å². The van der Waals surface area contributed by atoms with Gasteiger partial charge in [-0.3, -0.25) is 9.13 Å². The van der Waals surface area contributed by atoms with E-state index in [4.69, 9.17) is 12.2 Å². The van der Waals surface area contributed by atoms with Crippen molar-refractivity contribution < 1.29 is 0 Å². The minimum Gasteiger partial charge on any atom is -0.338 e. The van der Waals surface area contributed by atoms with Gasteiger partial charge in [0.1, 0.15) is 16.0 Å². The molecule has 6 heteroatoms. The van der Waals surface area contributed by atoms with Gasteiger partial charge in [0.2, 0.25) is 0 Å². The largest absolute Gasteiger partial charge is 0.338 e. The van der Waals surface area contributed by atoms with Gasteiger partial charge in [-0.15, -0.1) is 0 Å². The third-order valence-electron chi connectivity index (χ3n) is 2.21. The SMILES string of the molecule is Cc1nc2c([nH]1)c(=S)n(C)c(=O)n2C. The molecule has 1 N–H and O–H groups in total. The average molecular weight is 210 g/mol. The van der Waals surface area contributed by atoms with Crippen LogP contribution in [0.15, 0.2) is 4.79 Å². The fraction of sp³-hybridized carbons (Fsp3) is 0.375. The van der Waals surface area contributed by atoms with Gasteiger partial charge < -0.3 is 4.98 Å². The fourth-order valence-corrected chi connectivity index (χ4v) is 1.66. The van der Waals surface area contributed by atoms with Crippen molar-refractivity contribution in [2.75, 3.05) is 0 Å². The highest BCUT2D eigenvalue weighted by molar-refractivity contribution is 7.71. The maximum absolute atomic E-state index is 11.6. The highest BCUT2D eigenvalue weighted by atomic mass is 32.1. The summed E-state index contributed by atoms with van der Waals surface area (Å²) in [5.41, 5.74) is 1.19. The Labute approximate surface area is 85.0 Å². The number of aryl methyl sites for hydroxylation is 2. The molecule has 0 amide bonds. The first-order chi connectivity index (χ1) is 6.52. The number of nitrogens with zero attached hydrogens (tertiary/aromatic N) is 3. The summed E-state index contributed by atoms with van der Waals surface area (Å²) >= 11 is 5.13. The molecule has 0 spiro atoms. The number of aromatic nitrogens is 4. The number of rotatable bonds is 0. The van der Waals surface area contributed by atoms with Crippen LogP contribution in [-0.2, 0) is 14.1 Å². The molecule has 0 atom stereocenters. The van der Waals surface area contributed by atoms with Crippen LogP contribution in [-0.4, -0.2) is 19.1 Å². The van der Waals surface area contributed by atoms with Crippen LogP contribution in [0.25, 0.3) is 11.2 Å². The first kappa shape index (κ1) is 9.14. The van der Waals surface area contributed by atoms with E-state index < -0.39 is 0 Å². The standard InChI is InChI=1S/C8H10N4OS/c1-4-9-5-6(10-4)11(2)8(13)12(3)7(5)14/h1-3H3,(H,9,10). The third kappa shape index (κ3) is 1.04. The summed E-state index contributed by atoms with van der Waals surface area (Å²) in [7, 11) is 3.33. The van der Waals surface area contributed by atoms with Gasteiger partial charge >= 0.3 is 5.69 Å². The summed E-state index contributed by atoms with van der Waals surface area (Å²) in [6, 6.07) is 0. The minimum atomic E-state index is -0.158. The molecule has 74 valence electrons. The van der Waals surface area contributed by atoms with Crippen molar-refractivity contribution in [3.05, 3.63) is 20.9 Å². The Balaban J connectivity index is 3.17. The first-order valence-corrected chi connectivity index (χ1v) is 4.55. The lowest BCUT2D eigenvalue weighted by molar-refractivity contribution is 0.721. The molecular weight excluding hydrogens is 200 g/mol. The summed E-state index contributed by atoms with van der Waals surface area (Å²) in [6.45, 7) is 1.83. The summed E-state index contributed by atoms with van der Waals surface area (Å²) in [5, 5.41) is 0. The van der Waals surface area contributed by atoms with E-state index in [9.17, 15) is 4.79 Å². The van der Waals surface area contributed by atoms with E-state index in [1.165, 1.54) is 9.13 Å². The first-order valence-electron chi connectivity index (χ1n) is 4.14. The second-order valence-corrected chi connectivity index (χ2v) is 3.61. The van der Waals surface area contributed by atoms with E-state index in [1.54, 1.807) is 14.1 Å². The number of fused-ring (bicyclic) bond motifs is 1. The molecule has 5 nitrogen and oxygen atoms in total. The second kappa shape index (κ2) is 2.78. The molecule has 0 fully saturated rings. The molecule has 14 heavy (non-hydrogen) atoms. The van der Waals surface area contributed by atoms with Gasteiger partial charge in [0.05, 0.1) is 0 Å². The van der Waals surface area contributed by atoms with E-state index >= 15 is 0 Å². The summed E-state index contributed by atoms with van der Waals surface area (Å²) in [5.74, 6) is 0.757. The molecule has 0 aliphatic carbocycles. The van der Waals surface area contributed by atoms with E-state index in [-0.39, 0.29) is 5.69 Å². The Hall–Kier alpha value is -1.43. The van der Waals surface area contributed by atoms with Gasteiger partial charge in [-0.25, -0.2) is 9.78 Å². The van der Waals surface area contributed by atoms with Gasteiger partial charge in [0.25, 0.3) is 0 Å². The summed E-state index contributed by atoms with van der Waals surface area (Å²) in [4.78, 5) is 18.9. The van der Waals surface area contributed by atoms with Gasteiger partial charge in [0, 0.05) is 14.1 Å².